The van der Waals surface area contributed by atoms with Crippen molar-refractivity contribution in [1.82, 2.24) is 0 Å². The van der Waals surface area contributed by atoms with E-state index in [4.69, 9.17) is 4.74 Å². The van der Waals surface area contributed by atoms with Crippen molar-refractivity contribution >= 4 is 28.5 Å². The van der Waals surface area contributed by atoms with Gasteiger partial charge in [0.1, 0.15) is 0 Å². The summed E-state index contributed by atoms with van der Waals surface area (Å²) in [5.74, 6) is 0.748. The molecule has 0 aliphatic carbocycles. The van der Waals surface area contributed by atoms with E-state index < -0.39 is 6.60 Å². The maximum absolute atomic E-state index is 12.8. The Balaban J connectivity index is 2.48. The van der Waals surface area contributed by atoms with Gasteiger partial charge in [0.05, 0.1) is 0 Å². The monoisotopic (exact) mass is 336 g/mol. The van der Waals surface area contributed by atoms with Crippen molar-refractivity contribution in [2.75, 3.05) is 13.8 Å². The minimum absolute atomic E-state index is 0.748. The summed E-state index contributed by atoms with van der Waals surface area (Å²) in [7, 11) is 1.65. The van der Waals surface area contributed by atoms with Gasteiger partial charge in [0.2, 0.25) is 0 Å². The van der Waals surface area contributed by atoms with Crippen LogP contribution in [-0.2, 0) is 4.79 Å². The molecule has 0 saturated carbocycles. The first kappa shape index (κ1) is 16.4. The zero-order chi connectivity index (χ0) is 17.1. The zero-order valence-electron chi connectivity index (χ0n) is 13.9. The fourth-order valence-corrected chi connectivity index (χ4v) is 7.63. The van der Waals surface area contributed by atoms with Crippen LogP contribution in [0.15, 0.2) is 84.9 Å². The zero-order valence-corrected chi connectivity index (χ0v) is 14.8. The van der Waals surface area contributed by atoms with Gasteiger partial charge in [-0.1, -0.05) is 0 Å². The van der Waals surface area contributed by atoms with Gasteiger partial charge >= 0.3 is 143 Å². The molecule has 0 aliphatic heterocycles. The maximum atomic E-state index is 12.8. The van der Waals surface area contributed by atoms with Crippen LogP contribution >= 0.6 is 6.60 Å². The Hall–Kier alpha value is -2.44. The molecule has 0 amide bonds. The van der Waals surface area contributed by atoms with E-state index in [2.05, 4.69) is 6.66 Å². The average Bonchev–Trinajstić information content (AvgIpc) is 2.69. The number of methoxy groups -OCH3 is 1. The van der Waals surface area contributed by atoms with Gasteiger partial charge in [-0.05, 0) is 0 Å². The van der Waals surface area contributed by atoms with Crippen LogP contribution in [0.4, 0.5) is 0 Å². The molecule has 3 aromatic carbocycles. The number of carbonyl (C=O) groups excluding carboxylic acids is 1. The van der Waals surface area contributed by atoms with Crippen molar-refractivity contribution in [2.45, 2.75) is 0 Å². The molecule has 2 nitrogen and oxygen atoms in total. The third-order valence-corrected chi connectivity index (χ3v) is 10.2. The molecule has 122 valence electrons. The predicted molar refractivity (Wildman–Crippen MR) is 104 cm³/mol. The number of hydrogen-bond acceptors (Lipinski definition) is 2. The number of hydrogen-bond donors (Lipinski definition) is 0. The van der Waals surface area contributed by atoms with Crippen LogP contribution in [0.25, 0.3) is 0 Å². The van der Waals surface area contributed by atoms with Gasteiger partial charge in [-0.25, -0.2) is 0 Å². The van der Waals surface area contributed by atoms with E-state index in [0.29, 0.717) is 0 Å². The molecule has 0 fully saturated rings. The third kappa shape index (κ3) is 2.26. The fraction of sp³-hybridized carbons (Fsp3) is 0.0952. The van der Waals surface area contributed by atoms with Crippen LogP contribution < -0.4 is 20.7 Å². The molecule has 0 N–H and O–H groups in total. The molecule has 0 heterocycles. The summed E-state index contributed by atoms with van der Waals surface area (Å²) >= 11 is 0. The van der Waals surface area contributed by atoms with Crippen molar-refractivity contribution in [3.63, 3.8) is 0 Å². The Morgan fingerprint density at radius 1 is 0.750 bits per heavy atom. The molecular weight excluding hydrogens is 315 g/mol. The molecule has 0 aromatic heterocycles. The van der Waals surface area contributed by atoms with E-state index in [-0.39, 0.29) is 0 Å². The summed E-state index contributed by atoms with van der Waals surface area (Å²) in [5, 5.41) is 3.03. The third-order valence-electron chi connectivity index (χ3n) is 4.81. The number of para-hydroxylation sites is 1. The average molecular weight is 336 g/mol. The topological polar surface area (TPSA) is 26.3 Å². The van der Waals surface area contributed by atoms with Gasteiger partial charge in [-0.3, -0.25) is 0 Å². The minimum atomic E-state index is -3.28. The molecular formula is C21H21O2P. The van der Waals surface area contributed by atoms with E-state index >= 15 is 0 Å². The predicted octanol–water partition coefficient (Wildman–Crippen LogP) is 3.34. The van der Waals surface area contributed by atoms with Crippen molar-refractivity contribution < 1.29 is 9.53 Å². The van der Waals surface area contributed by atoms with E-state index in [9.17, 15) is 4.79 Å². The Bertz CT molecular complexity index is 804. The summed E-state index contributed by atoms with van der Waals surface area (Å²) in [6.45, 7) is -1.18. The van der Waals surface area contributed by atoms with Crippen molar-refractivity contribution in [3.8, 4) is 5.75 Å². The van der Waals surface area contributed by atoms with Crippen molar-refractivity contribution in [1.29, 1.82) is 0 Å². The van der Waals surface area contributed by atoms with Gasteiger partial charge in [0, 0.05) is 0 Å². The first-order valence-electron chi connectivity index (χ1n) is 7.87. The van der Waals surface area contributed by atoms with Crippen molar-refractivity contribution in [3.05, 3.63) is 84.9 Å². The van der Waals surface area contributed by atoms with Gasteiger partial charge in [-0.2, -0.15) is 0 Å². The van der Waals surface area contributed by atoms with E-state index in [1.807, 2.05) is 84.9 Å². The standard InChI is InChI=1S/C21H21O2P/c1-23-20-15-9-10-16-21(20)24(2,17-22,18-11-5-3-6-12-18)19-13-7-4-8-14-19/h3-17H,1-2H3. The van der Waals surface area contributed by atoms with E-state index in [0.717, 1.165) is 27.7 Å². The summed E-state index contributed by atoms with van der Waals surface area (Å²) < 4.78 is 5.64. The van der Waals surface area contributed by atoms with Crippen LogP contribution in [-0.4, -0.2) is 19.8 Å². The van der Waals surface area contributed by atoms with Crippen LogP contribution in [0, 0.1) is 0 Å². The molecule has 0 saturated heterocycles. The first-order valence-corrected chi connectivity index (χ1v) is 10.6. The summed E-state index contributed by atoms with van der Waals surface area (Å²) in [4.78, 5) is 12.8. The molecule has 0 aliphatic rings. The molecule has 3 rings (SSSR count). The molecule has 0 unspecified atom stereocenters. The molecule has 0 radical (unpaired) electrons. The van der Waals surface area contributed by atoms with Crippen LogP contribution in [0.1, 0.15) is 0 Å². The number of ether oxygens (including phenoxy) is 1. The SMILES string of the molecule is COc1ccccc1P(C)(C=O)(c1ccccc1)c1ccccc1. The summed E-state index contributed by atoms with van der Waals surface area (Å²) in [5.41, 5.74) is 0. The molecule has 24 heavy (non-hydrogen) atoms. The normalized spacial score (nSPS) is 12.8. The summed E-state index contributed by atoms with van der Waals surface area (Å²) in [6.07, 6.45) is 0. The second-order valence-electron chi connectivity index (χ2n) is 6.10. The number of rotatable bonds is 5. The Morgan fingerprint density at radius 3 is 1.67 bits per heavy atom. The van der Waals surface area contributed by atoms with Gasteiger partial charge in [-0.15, -0.1) is 0 Å². The second kappa shape index (κ2) is 6.22. The van der Waals surface area contributed by atoms with Crippen LogP contribution in [0.3, 0.4) is 0 Å². The Morgan fingerprint density at radius 2 is 1.21 bits per heavy atom. The molecule has 3 heteroatoms. The molecule has 3 aromatic rings. The quantitative estimate of drug-likeness (QED) is 0.528. The van der Waals surface area contributed by atoms with Crippen LogP contribution in [0.2, 0.25) is 0 Å². The first-order chi connectivity index (χ1) is 11.6. The van der Waals surface area contributed by atoms with Gasteiger partial charge < -0.3 is 0 Å². The Labute approximate surface area is 143 Å². The van der Waals surface area contributed by atoms with Crippen LogP contribution in [0.5, 0.6) is 5.75 Å². The molecule has 0 bridgehead atoms. The molecule has 0 atom stereocenters. The number of carbonyl (C=O) groups is 1. The van der Waals surface area contributed by atoms with E-state index in [1.165, 1.54) is 0 Å². The van der Waals surface area contributed by atoms with E-state index in [1.54, 1.807) is 7.11 Å². The molecule has 0 spiro atoms. The van der Waals surface area contributed by atoms with Crippen molar-refractivity contribution in [2.24, 2.45) is 0 Å². The number of benzene rings is 3. The Kier molecular flexibility index (Phi) is 4.26. The van der Waals surface area contributed by atoms with Gasteiger partial charge in [0.15, 0.2) is 0 Å². The second-order valence-corrected chi connectivity index (χ2v) is 11.1. The fourth-order valence-electron chi connectivity index (χ4n) is 3.34. The van der Waals surface area contributed by atoms with Gasteiger partial charge in [0.25, 0.3) is 0 Å². The summed E-state index contributed by atoms with van der Waals surface area (Å²) in [6, 6.07) is 29.1.